The number of hydrogen-bond acceptors (Lipinski definition) is 7. The maximum atomic E-state index is 11.6. The van der Waals surface area contributed by atoms with E-state index in [9.17, 15) is 4.79 Å². The molecular weight excluding hydrogens is 368 g/mol. The predicted octanol–water partition coefficient (Wildman–Crippen LogP) is 4.48. The Bertz CT molecular complexity index is 1170. The first kappa shape index (κ1) is 18.4. The highest BCUT2D eigenvalue weighted by Crippen LogP contribution is 2.32. The molecule has 0 aliphatic carbocycles. The van der Waals surface area contributed by atoms with Crippen molar-refractivity contribution in [2.24, 2.45) is 0 Å². The molecule has 0 saturated carbocycles. The monoisotopic (exact) mass is 386 g/mol. The van der Waals surface area contributed by atoms with Crippen LogP contribution in [-0.4, -0.2) is 27.7 Å². The molecule has 4 aromatic rings. The van der Waals surface area contributed by atoms with Gasteiger partial charge in [0, 0.05) is 17.2 Å². The van der Waals surface area contributed by atoms with Gasteiger partial charge in [-0.3, -0.25) is 0 Å². The van der Waals surface area contributed by atoms with Crippen molar-refractivity contribution < 1.29 is 14.3 Å². The summed E-state index contributed by atoms with van der Waals surface area (Å²) < 4.78 is 9.87. The van der Waals surface area contributed by atoms with E-state index < -0.39 is 6.16 Å². The number of aromatic nitrogens is 3. The normalized spacial score (nSPS) is 10.7. The molecule has 2 aromatic heterocycles. The SMILES string of the molecule is CCOC(=O)Oc1cc2nc(-c3ccccc3)c(-c3ccccc3)nc2c(N)n1. The summed E-state index contributed by atoms with van der Waals surface area (Å²) in [7, 11) is 0. The average molecular weight is 386 g/mol. The Morgan fingerprint density at radius 2 is 1.48 bits per heavy atom. The van der Waals surface area contributed by atoms with Crippen LogP contribution in [0.15, 0.2) is 66.7 Å². The van der Waals surface area contributed by atoms with Gasteiger partial charge < -0.3 is 15.2 Å². The molecule has 0 spiro atoms. The summed E-state index contributed by atoms with van der Waals surface area (Å²) in [5.41, 5.74) is 10.2. The van der Waals surface area contributed by atoms with Crippen molar-refractivity contribution in [3.63, 3.8) is 0 Å². The summed E-state index contributed by atoms with van der Waals surface area (Å²) >= 11 is 0. The molecule has 2 heterocycles. The van der Waals surface area contributed by atoms with Crippen LogP contribution in [0, 0.1) is 0 Å². The van der Waals surface area contributed by atoms with Gasteiger partial charge in [-0.1, -0.05) is 60.7 Å². The van der Waals surface area contributed by atoms with Gasteiger partial charge in [0.2, 0.25) is 5.88 Å². The number of hydrogen-bond donors (Lipinski definition) is 1. The van der Waals surface area contributed by atoms with Gasteiger partial charge in [-0.25, -0.2) is 14.8 Å². The first-order valence-electron chi connectivity index (χ1n) is 9.09. The van der Waals surface area contributed by atoms with Gasteiger partial charge in [-0.05, 0) is 6.92 Å². The van der Waals surface area contributed by atoms with Gasteiger partial charge in [0.15, 0.2) is 5.82 Å². The Balaban J connectivity index is 1.91. The number of benzene rings is 2. The minimum absolute atomic E-state index is 0.00854. The van der Waals surface area contributed by atoms with Gasteiger partial charge >= 0.3 is 6.16 Å². The number of rotatable bonds is 4. The van der Waals surface area contributed by atoms with Crippen molar-refractivity contribution in [3.05, 3.63) is 66.7 Å². The highest BCUT2D eigenvalue weighted by molar-refractivity contribution is 5.91. The lowest BCUT2D eigenvalue weighted by atomic mass is 10.0. The standard InChI is InChI=1S/C22H18N4O3/c1-2-28-22(27)29-17-13-16-20(21(23)25-17)26-19(15-11-7-4-8-12-15)18(24-16)14-9-5-3-6-10-14/h3-13H,2H2,1H3,(H2,23,25). The third-order valence-electron chi connectivity index (χ3n) is 4.20. The van der Waals surface area contributed by atoms with Gasteiger partial charge in [-0.2, -0.15) is 4.98 Å². The average Bonchev–Trinajstić information content (AvgIpc) is 2.74. The Kier molecular flexibility index (Phi) is 5.03. The zero-order valence-corrected chi connectivity index (χ0v) is 15.7. The van der Waals surface area contributed by atoms with E-state index in [2.05, 4.69) is 4.98 Å². The number of nitrogens with zero attached hydrogens (tertiary/aromatic N) is 3. The second kappa shape index (κ2) is 7.93. The maximum absolute atomic E-state index is 11.6. The first-order valence-corrected chi connectivity index (χ1v) is 9.09. The molecule has 0 aliphatic heterocycles. The smallest absolute Gasteiger partial charge is 0.434 e. The quantitative estimate of drug-likeness (QED) is 0.516. The van der Waals surface area contributed by atoms with E-state index >= 15 is 0 Å². The van der Waals surface area contributed by atoms with E-state index in [4.69, 9.17) is 25.2 Å². The zero-order valence-electron chi connectivity index (χ0n) is 15.7. The van der Waals surface area contributed by atoms with Crippen molar-refractivity contribution in [2.75, 3.05) is 12.3 Å². The summed E-state index contributed by atoms with van der Waals surface area (Å²) in [6.45, 7) is 1.88. The van der Waals surface area contributed by atoms with Crippen LogP contribution in [0.2, 0.25) is 0 Å². The predicted molar refractivity (Wildman–Crippen MR) is 110 cm³/mol. The van der Waals surface area contributed by atoms with E-state index in [0.29, 0.717) is 22.4 Å². The van der Waals surface area contributed by atoms with Crippen molar-refractivity contribution >= 4 is 23.0 Å². The minimum Gasteiger partial charge on any atom is -0.434 e. The molecule has 0 bridgehead atoms. The molecule has 0 amide bonds. The molecule has 0 fully saturated rings. The number of carbonyl (C=O) groups excluding carboxylic acids is 1. The molecule has 2 aromatic carbocycles. The topological polar surface area (TPSA) is 100 Å². The summed E-state index contributed by atoms with van der Waals surface area (Å²) in [6.07, 6.45) is -0.851. The number of fused-ring (bicyclic) bond motifs is 1. The molecule has 0 unspecified atom stereocenters. The molecule has 144 valence electrons. The van der Waals surface area contributed by atoms with Crippen LogP contribution in [0.4, 0.5) is 10.6 Å². The number of anilines is 1. The van der Waals surface area contributed by atoms with Crippen molar-refractivity contribution in [2.45, 2.75) is 6.92 Å². The fourth-order valence-electron chi connectivity index (χ4n) is 2.94. The molecule has 7 heteroatoms. The van der Waals surface area contributed by atoms with Gasteiger partial charge in [0.25, 0.3) is 0 Å². The van der Waals surface area contributed by atoms with Crippen molar-refractivity contribution in [1.82, 2.24) is 15.0 Å². The summed E-state index contributed by atoms with van der Waals surface area (Å²) in [5.74, 6) is 0.125. The molecule has 0 saturated heterocycles. The fraction of sp³-hybridized carbons (Fsp3) is 0.0909. The Morgan fingerprint density at radius 3 is 2.07 bits per heavy atom. The van der Waals surface area contributed by atoms with Crippen molar-refractivity contribution in [3.8, 4) is 28.4 Å². The molecule has 7 nitrogen and oxygen atoms in total. The fourth-order valence-corrected chi connectivity index (χ4v) is 2.94. The second-order valence-corrected chi connectivity index (χ2v) is 6.15. The Labute approximate surface area is 167 Å². The first-order chi connectivity index (χ1) is 14.2. The number of nitrogens with two attached hydrogens (primary N) is 1. The zero-order chi connectivity index (χ0) is 20.2. The summed E-state index contributed by atoms with van der Waals surface area (Å²) in [4.78, 5) is 25.3. The third-order valence-corrected chi connectivity index (χ3v) is 4.20. The highest BCUT2D eigenvalue weighted by Gasteiger charge is 2.17. The lowest BCUT2D eigenvalue weighted by molar-refractivity contribution is 0.103. The lowest BCUT2D eigenvalue weighted by Gasteiger charge is -2.12. The van der Waals surface area contributed by atoms with Crippen LogP contribution in [0.1, 0.15) is 6.92 Å². The van der Waals surface area contributed by atoms with E-state index in [0.717, 1.165) is 11.1 Å². The van der Waals surface area contributed by atoms with Gasteiger partial charge in [0.1, 0.15) is 5.52 Å². The molecule has 0 aliphatic rings. The van der Waals surface area contributed by atoms with Crippen molar-refractivity contribution in [1.29, 1.82) is 0 Å². The van der Waals surface area contributed by atoms with E-state index in [1.165, 1.54) is 6.07 Å². The van der Waals surface area contributed by atoms with E-state index in [1.54, 1.807) is 6.92 Å². The molecule has 29 heavy (non-hydrogen) atoms. The van der Waals surface area contributed by atoms with Crippen LogP contribution < -0.4 is 10.5 Å². The molecule has 0 atom stereocenters. The number of nitrogen functional groups attached to an aromatic ring is 1. The lowest BCUT2D eigenvalue weighted by Crippen LogP contribution is -2.12. The van der Waals surface area contributed by atoms with Gasteiger partial charge in [0.05, 0.1) is 23.5 Å². The largest absolute Gasteiger partial charge is 0.515 e. The summed E-state index contributed by atoms with van der Waals surface area (Å²) in [5, 5.41) is 0. The van der Waals surface area contributed by atoms with Crippen LogP contribution in [-0.2, 0) is 4.74 Å². The maximum Gasteiger partial charge on any atom is 0.515 e. The number of pyridine rings is 1. The van der Waals surface area contributed by atoms with E-state index in [1.807, 2.05) is 60.7 Å². The molecule has 4 rings (SSSR count). The molecule has 0 radical (unpaired) electrons. The molecule has 2 N–H and O–H groups in total. The third kappa shape index (κ3) is 3.84. The van der Waals surface area contributed by atoms with Crippen LogP contribution in [0.5, 0.6) is 5.88 Å². The number of ether oxygens (including phenoxy) is 2. The Morgan fingerprint density at radius 1 is 0.897 bits per heavy atom. The Hall–Kier alpha value is -4.00. The highest BCUT2D eigenvalue weighted by atomic mass is 16.7. The van der Waals surface area contributed by atoms with Crippen LogP contribution in [0.3, 0.4) is 0 Å². The minimum atomic E-state index is -0.851. The van der Waals surface area contributed by atoms with Crippen LogP contribution >= 0.6 is 0 Å². The van der Waals surface area contributed by atoms with E-state index in [-0.39, 0.29) is 18.3 Å². The van der Waals surface area contributed by atoms with Crippen LogP contribution in [0.25, 0.3) is 33.5 Å². The second-order valence-electron chi connectivity index (χ2n) is 6.15. The summed E-state index contributed by atoms with van der Waals surface area (Å²) in [6, 6.07) is 21.0. The van der Waals surface area contributed by atoms with Gasteiger partial charge in [-0.15, -0.1) is 0 Å². The molecular formula is C22H18N4O3. The number of carbonyl (C=O) groups is 1.